The van der Waals surface area contributed by atoms with Gasteiger partial charge in [-0.05, 0) is 53.2 Å². The summed E-state index contributed by atoms with van der Waals surface area (Å²) in [5.41, 5.74) is 5.17. The minimum atomic E-state index is 0.811. The van der Waals surface area contributed by atoms with Gasteiger partial charge in [-0.1, -0.05) is 12.1 Å². The van der Waals surface area contributed by atoms with Crippen LogP contribution in [-0.4, -0.2) is 21.7 Å². The number of hydrogen-bond acceptors (Lipinski definition) is 3. The molecule has 0 unspecified atom stereocenters. The quantitative estimate of drug-likeness (QED) is 0.693. The smallest absolute Gasteiger partial charge is 0.106 e. The van der Waals surface area contributed by atoms with Gasteiger partial charge in [-0.3, -0.25) is 5.10 Å². The molecule has 2 N–H and O–H groups in total. The lowest BCUT2D eigenvalue weighted by atomic mass is 10.1. The van der Waals surface area contributed by atoms with Crippen LogP contribution in [0, 0.1) is 0 Å². The van der Waals surface area contributed by atoms with Crippen LogP contribution in [0.2, 0.25) is 0 Å². The van der Waals surface area contributed by atoms with Crippen molar-refractivity contribution in [3.63, 3.8) is 0 Å². The number of rotatable bonds is 4. The van der Waals surface area contributed by atoms with Crippen molar-refractivity contribution in [2.75, 3.05) is 11.9 Å². The Morgan fingerprint density at radius 1 is 1.10 bits per heavy atom. The Bertz CT molecular complexity index is 734. The highest BCUT2D eigenvalue weighted by Crippen LogP contribution is 2.25. The van der Waals surface area contributed by atoms with E-state index in [2.05, 4.69) is 67.6 Å². The van der Waals surface area contributed by atoms with Crippen molar-refractivity contribution in [1.29, 1.82) is 0 Å². The molecule has 0 bridgehead atoms. The monoisotopic (exact) mass is 342 g/mol. The summed E-state index contributed by atoms with van der Waals surface area (Å²) >= 11 is 3.38. The number of nitrogens with zero attached hydrogens (tertiary/aromatic N) is 2. The second kappa shape index (κ2) is 6.10. The lowest BCUT2D eigenvalue weighted by molar-refractivity contribution is 1.10. The first-order valence-electron chi connectivity index (χ1n) is 6.78. The second-order valence-electron chi connectivity index (χ2n) is 4.64. The van der Waals surface area contributed by atoms with Gasteiger partial charge in [0.1, 0.15) is 4.60 Å². The minimum absolute atomic E-state index is 0.811. The molecule has 0 aliphatic carbocycles. The van der Waals surface area contributed by atoms with Crippen LogP contribution < -0.4 is 5.32 Å². The van der Waals surface area contributed by atoms with E-state index >= 15 is 0 Å². The molecule has 4 nitrogen and oxygen atoms in total. The lowest BCUT2D eigenvalue weighted by Gasteiger charge is -2.03. The van der Waals surface area contributed by atoms with Gasteiger partial charge in [-0.15, -0.1) is 0 Å². The minimum Gasteiger partial charge on any atom is -0.385 e. The van der Waals surface area contributed by atoms with Gasteiger partial charge >= 0.3 is 0 Å². The van der Waals surface area contributed by atoms with E-state index in [1.165, 1.54) is 0 Å². The van der Waals surface area contributed by atoms with Crippen LogP contribution in [0.1, 0.15) is 6.92 Å². The number of pyridine rings is 1. The van der Waals surface area contributed by atoms with E-state index in [1.807, 2.05) is 18.2 Å². The topological polar surface area (TPSA) is 53.6 Å². The average molecular weight is 343 g/mol. The molecule has 0 aliphatic heterocycles. The Morgan fingerprint density at radius 2 is 1.90 bits per heavy atom. The number of benzene rings is 1. The molecule has 3 aromatic rings. The van der Waals surface area contributed by atoms with Crippen LogP contribution in [0.15, 0.2) is 53.3 Å². The van der Waals surface area contributed by atoms with Crippen LogP contribution in [-0.2, 0) is 0 Å². The molecule has 2 aromatic heterocycles. The maximum Gasteiger partial charge on any atom is 0.106 e. The van der Waals surface area contributed by atoms with Gasteiger partial charge in [0.15, 0.2) is 0 Å². The van der Waals surface area contributed by atoms with Crippen molar-refractivity contribution in [2.45, 2.75) is 6.92 Å². The summed E-state index contributed by atoms with van der Waals surface area (Å²) in [7, 11) is 0. The highest BCUT2D eigenvalue weighted by Gasteiger charge is 2.06. The van der Waals surface area contributed by atoms with Crippen molar-refractivity contribution in [3.8, 4) is 22.5 Å². The number of hydrogen-bond donors (Lipinski definition) is 2. The van der Waals surface area contributed by atoms with Crippen molar-refractivity contribution >= 4 is 21.6 Å². The molecular formula is C16H15BrN4. The summed E-state index contributed by atoms with van der Waals surface area (Å²) in [6.07, 6.45) is 1.77. The van der Waals surface area contributed by atoms with Crippen molar-refractivity contribution in [2.24, 2.45) is 0 Å². The van der Waals surface area contributed by atoms with E-state index in [9.17, 15) is 0 Å². The van der Waals surface area contributed by atoms with Crippen molar-refractivity contribution in [1.82, 2.24) is 15.2 Å². The van der Waals surface area contributed by atoms with Gasteiger partial charge in [-0.2, -0.15) is 5.10 Å². The third-order valence-corrected chi connectivity index (χ3v) is 3.61. The molecule has 106 valence electrons. The molecule has 0 saturated heterocycles. The summed E-state index contributed by atoms with van der Waals surface area (Å²) in [5.74, 6) is 0. The van der Waals surface area contributed by atoms with Gasteiger partial charge in [0, 0.05) is 29.6 Å². The molecule has 0 spiro atoms. The largest absolute Gasteiger partial charge is 0.385 e. The highest BCUT2D eigenvalue weighted by molar-refractivity contribution is 9.10. The molecule has 0 radical (unpaired) electrons. The fourth-order valence-corrected chi connectivity index (χ4v) is 2.52. The standard InChI is InChI=1S/C16H15BrN4/c1-2-18-13-5-3-11(4-6-13)14-10-15(21-20-14)12-7-8-19-16(17)9-12/h3-10,18H,2H2,1H3,(H,20,21). The SMILES string of the molecule is CCNc1ccc(-c2cc(-c3ccnc(Br)c3)[nH]n2)cc1. The molecule has 1 aromatic carbocycles. The maximum atomic E-state index is 4.39. The summed E-state index contributed by atoms with van der Waals surface area (Å²) in [6.45, 7) is 3.00. The van der Waals surface area contributed by atoms with Gasteiger partial charge < -0.3 is 5.32 Å². The number of anilines is 1. The van der Waals surface area contributed by atoms with E-state index in [-0.39, 0.29) is 0 Å². The zero-order valence-electron chi connectivity index (χ0n) is 11.6. The fraction of sp³-hybridized carbons (Fsp3) is 0.125. The third-order valence-electron chi connectivity index (χ3n) is 3.18. The van der Waals surface area contributed by atoms with Crippen LogP contribution >= 0.6 is 15.9 Å². The maximum absolute atomic E-state index is 4.39. The molecule has 0 atom stereocenters. The Balaban J connectivity index is 1.87. The van der Waals surface area contributed by atoms with Gasteiger partial charge in [0.25, 0.3) is 0 Å². The van der Waals surface area contributed by atoms with Crippen LogP contribution in [0.4, 0.5) is 5.69 Å². The summed E-state index contributed by atoms with van der Waals surface area (Å²) in [4.78, 5) is 4.13. The zero-order valence-corrected chi connectivity index (χ0v) is 13.2. The molecule has 0 aliphatic rings. The van der Waals surface area contributed by atoms with Crippen molar-refractivity contribution < 1.29 is 0 Å². The van der Waals surface area contributed by atoms with Gasteiger partial charge in [-0.25, -0.2) is 4.98 Å². The predicted octanol–water partition coefficient (Wildman–Crippen LogP) is 4.33. The molecule has 21 heavy (non-hydrogen) atoms. The van der Waals surface area contributed by atoms with E-state index in [0.717, 1.165) is 39.4 Å². The molecule has 0 saturated carbocycles. The van der Waals surface area contributed by atoms with E-state index < -0.39 is 0 Å². The lowest BCUT2D eigenvalue weighted by Crippen LogP contribution is -1.95. The van der Waals surface area contributed by atoms with Crippen molar-refractivity contribution in [3.05, 3.63) is 53.3 Å². The molecule has 5 heteroatoms. The third kappa shape index (κ3) is 3.13. The Hall–Kier alpha value is -2.14. The predicted molar refractivity (Wildman–Crippen MR) is 89.1 cm³/mol. The first-order chi connectivity index (χ1) is 10.3. The highest BCUT2D eigenvalue weighted by atomic mass is 79.9. The first kappa shape index (κ1) is 13.8. The van der Waals surface area contributed by atoms with Crippen LogP contribution in [0.5, 0.6) is 0 Å². The Labute approximate surface area is 131 Å². The summed E-state index contributed by atoms with van der Waals surface area (Å²) < 4.78 is 0.811. The summed E-state index contributed by atoms with van der Waals surface area (Å²) in [5, 5.41) is 10.7. The normalized spacial score (nSPS) is 10.6. The Kier molecular flexibility index (Phi) is 4.01. The number of aromatic amines is 1. The Morgan fingerprint density at radius 3 is 2.62 bits per heavy atom. The first-order valence-corrected chi connectivity index (χ1v) is 7.57. The van der Waals surface area contributed by atoms with Crippen LogP contribution in [0.25, 0.3) is 22.5 Å². The zero-order chi connectivity index (χ0) is 14.7. The molecular weight excluding hydrogens is 328 g/mol. The number of nitrogens with one attached hydrogen (secondary N) is 2. The second-order valence-corrected chi connectivity index (χ2v) is 5.45. The van der Waals surface area contributed by atoms with E-state index in [1.54, 1.807) is 6.20 Å². The number of H-pyrrole nitrogens is 1. The number of halogens is 1. The molecule has 3 rings (SSSR count). The molecule has 0 fully saturated rings. The van der Waals surface area contributed by atoms with E-state index in [0.29, 0.717) is 0 Å². The van der Waals surface area contributed by atoms with Crippen LogP contribution in [0.3, 0.4) is 0 Å². The van der Waals surface area contributed by atoms with Gasteiger partial charge in [0.05, 0.1) is 11.4 Å². The number of aromatic nitrogens is 3. The summed E-state index contributed by atoms with van der Waals surface area (Å²) in [6, 6.07) is 14.2. The molecule has 2 heterocycles. The average Bonchev–Trinajstić information content (AvgIpc) is 2.98. The van der Waals surface area contributed by atoms with Gasteiger partial charge in [0.2, 0.25) is 0 Å². The van der Waals surface area contributed by atoms with E-state index in [4.69, 9.17) is 0 Å². The fourth-order valence-electron chi connectivity index (χ4n) is 2.15. The molecule has 0 amide bonds.